The highest BCUT2D eigenvalue weighted by atomic mass is 32.1. The number of aliphatic imine (C=N–C) groups is 1. The summed E-state index contributed by atoms with van der Waals surface area (Å²) in [6.45, 7) is 0. The first-order chi connectivity index (χ1) is 4.43. The van der Waals surface area contributed by atoms with Crippen LogP contribution in [0, 0.1) is 0 Å². The second-order valence-electron chi connectivity index (χ2n) is 1.81. The van der Waals surface area contributed by atoms with Crippen molar-refractivity contribution in [3.8, 4) is 0 Å². The Kier molecular flexibility index (Phi) is 2.37. The van der Waals surface area contributed by atoms with E-state index in [2.05, 4.69) is 34.5 Å². The summed E-state index contributed by atoms with van der Waals surface area (Å²) in [4.78, 5) is 3.82. The summed E-state index contributed by atoms with van der Waals surface area (Å²) in [7, 11) is 0. The van der Waals surface area contributed by atoms with E-state index in [9.17, 15) is 0 Å². The summed E-state index contributed by atoms with van der Waals surface area (Å²) < 4.78 is 0. The van der Waals surface area contributed by atoms with Crippen LogP contribution in [0.2, 0.25) is 0 Å². The molecule has 2 heteroatoms. The third kappa shape index (κ3) is 1.92. The van der Waals surface area contributed by atoms with Gasteiger partial charge < -0.3 is 0 Å². The molecule has 1 aliphatic carbocycles. The van der Waals surface area contributed by atoms with Crippen molar-refractivity contribution in [3.63, 3.8) is 0 Å². The molecule has 0 aromatic heterocycles. The van der Waals surface area contributed by atoms with Gasteiger partial charge in [0.1, 0.15) is 0 Å². The zero-order chi connectivity index (χ0) is 6.53. The molecule has 0 fully saturated rings. The SMILES string of the molecule is S=C=NC1=CCCC=C1. The normalized spacial score (nSPS) is 16.2. The van der Waals surface area contributed by atoms with Crippen molar-refractivity contribution in [1.82, 2.24) is 0 Å². The fourth-order valence-electron chi connectivity index (χ4n) is 0.735. The van der Waals surface area contributed by atoms with Gasteiger partial charge in [0.05, 0.1) is 10.9 Å². The number of thiocarbonyl (C=S) groups is 1. The Morgan fingerprint density at radius 2 is 2.44 bits per heavy atom. The molecule has 0 aromatic carbocycles. The molecule has 1 nitrogen and oxygen atoms in total. The molecule has 9 heavy (non-hydrogen) atoms. The molecule has 0 unspecified atom stereocenters. The Bertz CT molecular complexity index is 197. The molecule has 0 spiro atoms. The fraction of sp³-hybridized carbons (Fsp3) is 0.286. The van der Waals surface area contributed by atoms with Gasteiger partial charge in [-0.1, -0.05) is 12.2 Å². The van der Waals surface area contributed by atoms with E-state index in [0.29, 0.717) is 0 Å². The highest BCUT2D eigenvalue weighted by Gasteiger charge is 1.91. The summed E-state index contributed by atoms with van der Waals surface area (Å²) in [5, 5.41) is 2.33. The van der Waals surface area contributed by atoms with E-state index in [0.717, 1.165) is 18.5 Å². The molecule has 0 radical (unpaired) electrons. The lowest BCUT2D eigenvalue weighted by Crippen LogP contribution is -1.78. The van der Waals surface area contributed by atoms with Crippen LogP contribution >= 0.6 is 12.2 Å². The lowest BCUT2D eigenvalue weighted by Gasteiger charge is -1.96. The Hall–Kier alpha value is -0.720. The molecule has 1 rings (SSSR count). The predicted octanol–water partition coefficient (Wildman–Crippen LogP) is 2.32. The quantitative estimate of drug-likeness (QED) is 0.399. The molecule has 0 bridgehead atoms. The molecule has 0 amide bonds. The van der Waals surface area contributed by atoms with E-state index >= 15 is 0 Å². The number of allylic oxidation sites excluding steroid dienone is 3. The highest BCUT2D eigenvalue weighted by molar-refractivity contribution is 7.78. The number of hydrogen-bond acceptors (Lipinski definition) is 2. The topological polar surface area (TPSA) is 12.4 Å². The number of hydrogen-bond donors (Lipinski definition) is 0. The first-order valence-electron chi connectivity index (χ1n) is 2.88. The third-order valence-electron chi connectivity index (χ3n) is 1.15. The van der Waals surface area contributed by atoms with Crippen molar-refractivity contribution in [2.24, 2.45) is 4.99 Å². The Morgan fingerprint density at radius 1 is 1.56 bits per heavy atom. The molecule has 0 atom stereocenters. The van der Waals surface area contributed by atoms with Crippen molar-refractivity contribution in [1.29, 1.82) is 0 Å². The van der Waals surface area contributed by atoms with Crippen molar-refractivity contribution in [2.45, 2.75) is 12.8 Å². The highest BCUT2D eigenvalue weighted by Crippen LogP contribution is 2.09. The van der Waals surface area contributed by atoms with Gasteiger partial charge in [0.25, 0.3) is 0 Å². The molecule has 0 saturated carbocycles. The van der Waals surface area contributed by atoms with Crippen molar-refractivity contribution in [3.05, 3.63) is 23.9 Å². The molecule has 46 valence electrons. The third-order valence-corrected chi connectivity index (χ3v) is 1.24. The maximum absolute atomic E-state index is 4.44. The largest absolute Gasteiger partial charge is 0.195 e. The number of isothiocyanates is 1. The maximum atomic E-state index is 4.44. The van der Waals surface area contributed by atoms with Gasteiger partial charge in [-0.05, 0) is 31.1 Å². The van der Waals surface area contributed by atoms with Crippen molar-refractivity contribution < 1.29 is 0 Å². The molecular weight excluding hydrogens is 130 g/mol. The molecular formula is C7H7NS. The summed E-state index contributed by atoms with van der Waals surface area (Å²) in [5.41, 5.74) is 0.941. The van der Waals surface area contributed by atoms with Gasteiger partial charge in [0.2, 0.25) is 0 Å². The molecule has 0 saturated heterocycles. The lowest BCUT2D eigenvalue weighted by molar-refractivity contribution is 1.01. The minimum absolute atomic E-state index is 0.941. The summed E-state index contributed by atoms with van der Waals surface area (Å²) in [6.07, 6.45) is 8.30. The molecule has 0 aliphatic heterocycles. The summed E-state index contributed by atoms with van der Waals surface area (Å²) in [5.74, 6) is 0. The smallest absolute Gasteiger partial charge is 0.0696 e. The van der Waals surface area contributed by atoms with Crippen LogP contribution in [0.4, 0.5) is 0 Å². The number of rotatable bonds is 1. The van der Waals surface area contributed by atoms with Crippen LogP contribution in [0.25, 0.3) is 0 Å². The standard InChI is InChI=1S/C7H7NS/c9-6-8-7-4-2-1-3-5-7/h2,4-5H,1,3H2. The van der Waals surface area contributed by atoms with Crippen LogP contribution in [0.5, 0.6) is 0 Å². The van der Waals surface area contributed by atoms with Crippen LogP contribution in [0.1, 0.15) is 12.8 Å². The average Bonchev–Trinajstić information content (AvgIpc) is 1.91. The monoisotopic (exact) mass is 137 g/mol. The van der Waals surface area contributed by atoms with Crippen LogP contribution < -0.4 is 0 Å². The van der Waals surface area contributed by atoms with Gasteiger partial charge >= 0.3 is 0 Å². The second-order valence-corrected chi connectivity index (χ2v) is 1.99. The minimum Gasteiger partial charge on any atom is -0.195 e. The van der Waals surface area contributed by atoms with Crippen LogP contribution in [0.3, 0.4) is 0 Å². The average molecular weight is 137 g/mol. The molecule has 0 heterocycles. The summed E-state index contributed by atoms with van der Waals surface area (Å²) in [6, 6.07) is 0. The zero-order valence-corrected chi connectivity index (χ0v) is 5.82. The Balaban J connectivity index is 2.69. The fourth-order valence-corrected chi connectivity index (χ4v) is 0.841. The van der Waals surface area contributed by atoms with E-state index in [1.54, 1.807) is 0 Å². The lowest BCUT2D eigenvalue weighted by atomic mass is 10.2. The van der Waals surface area contributed by atoms with Gasteiger partial charge in [0, 0.05) is 0 Å². The predicted molar refractivity (Wildman–Crippen MR) is 41.5 cm³/mol. The van der Waals surface area contributed by atoms with E-state index in [-0.39, 0.29) is 0 Å². The van der Waals surface area contributed by atoms with E-state index in [1.807, 2.05) is 6.08 Å². The van der Waals surface area contributed by atoms with Crippen LogP contribution in [-0.2, 0) is 0 Å². The Labute approximate surface area is 59.8 Å². The van der Waals surface area contributed by atoms with Gasteiger partial charge in [0.15, 0.2) is 0 Å². The minimum atomic E-state index is 0.941. The van der Waals surface area contributed by atoms with E-state index in [1.165, 1.54) is 0 Å². The summed E-state index contributed by atoms with van der Waals surface area (Å²) >= 11 is 4.44. The molecule has 0 N–H and O–H groups in total. The second kappa shape index (κ2) is 3.33. The van der Waals surface area contributed by atoms with Crippen molar-refractivity contribution >= 4 is 17.4 Å². The van der Waals surface area contributed by atoms with E-state index in [4.69, 9.17) is 0 Å². The molecule has 1 aliphatic rings. The molecule has 0 aromatic rings. The number of nitrogens with zero attached hydrogens (tertiary/aromatic N) is 1. The van der Waals surface area contributed by atoms with Crippen molar-refractivity contribution in [2.75, 3.05) is 0 Å². The first kappa shape index (κ1) is 6.40. The zero-order valence-electron chi connectivity index (χ0n) is 5.00. The van der Waals surface area contributed by atoms with Gasteiger partial charge in [-0.25, -0.2) is 0 Å². The van der Waals surface area contributed by atoms with E-state index < -0.39 is 0 Å². The Morgan fingerprint density at radius 3 is 3.00 bits per heavy atom. The first-order valence-corrected chi connectivity index (χ1v) is 3.29. The van der Waals surface area contributed by atoms with Gasteiger partial charge in [-0.3, -0.25) is 0 Å². The van der Waals surface area contributed by atoms with Crippen LogP contribution in [-0.4, -0.2) is 5.16 Å². The maximum Gasteiger partial charge on any atom is 0.0696 e. The van der Waals surface area contributed by atoms with Gasteiger partial charge in [-0.2, -0.15) is 4.99 Å². The van der Waals surface area contributed by atoms with Gasteiger partial charge in [-0.15, -0.1) is 0 Å². The van der Waals surface area contributed by atoms with Crippen LogP contribution in [0.15, 0.2) is 28.9 Å².